The maximum Gasteiger partial charge on any atom is 0.191 e. The van der Waals surface area contributed by atoms with E-state index in [0.29, 0.717) is 12.0 Å². The molecule has 1 saturated carbocycles. The summed E-state index contributed by atoms with van der Waals surface area (Å²) in [6.07, 6.45) is 8.17. The lowest BCUT2D eigenvalue weighted by molar-refractivity contribution is 0.150. The first kappa shape index (κ1) is 17.7. The topological polar surface area (TPSA) is 39.7 Å². The normalized spacial score (nSPS) is 22.7. The molecule has 2 aliphatic rings. The fourth-order valence-electron chi connectivity index (χ4n) is 3.99. The number of nitrogens with one attached hydrogen (secondary N) is 2. The Morgan fingerprint density at radius 2 is 2.04 bits per heavy atom. The van der Waals surface area contributed by atoms with E-state index in [1.807, 2.05) is 18.4 Å². The van der Waals surface area contributed by atoms with Crippen LogP contribution in [0.15, 0.2) is 22.5 Å². The monoisotopic (exact) mass is 348 g/mol. The van der Waals surface area contributed by atoms with Gasteiger partial charge >= 0.3 is 0 Å². The molecule has 5 heteroatoms. The van der Waals surface area contributed by atoms with E-state index in [1.54, 1.807) is 0 Å². The second-order valence-corrected chi connectivity index (χ2v) is 8.24. The van der Waals surface area contributed by atoms with Gasteiger partial charge in [0, 0.05) is 49.6 Å². The van der Waals surface area contributed by atoms with Gasteiger partial charge in [0.25, 0.3) is 0 Å². The van der Waals surface area contributed by atoms with Crippen LogP contribution in [0.25, 0.3) is 0 Å². The van der Waals surface area contributed by atoms with Crippen LogP contribution in [0.3, 0.4) is 0 Å². The first-order chi connectivity index (χ1) is 11.8. The van der Waals surface area contributed by atoms with Crippen LogP contribution in [-0.2, 0) is 0 Å². The molecule has 1 aliphatic heterocycles. The van der Waals surface area contributed by atoms with Crippen LogP contribution < -0.4 is 10.6 Å². The van der Waals surface area contributed by atoms with Crippen molar-refractivity contribution in [2.75, 3.05) is 26.7 Å². The highest BCUT2D eigenvalue weighted by Gasteiger charge is 2.27. The molecule has 0 spiro atoms. The molecule has 4 nitrogen and oxygen atoms in total. The standard InChI is InChI=1S/C19H32N4S/c1-15(18-8-5-13-24-18)14-21-19(20-2)22-16-9-11-23(12-10-16)17-6-3-4-7-17/h5,8,13,15-17H,3-4,6-7,9-12,14H2,1-2H3,(H2,20,21,22). The molecule has 0 bridgehead atoms. The Hall–Kier alpha value is -1.07. The minimum absolute atomic E-state index is 0.521. The molecule has 1 saturated heterocycles. The molecule has 1 aromatic rings. The Morgan fingerprint density at radius 1 is 1.29 bits per heavy atom. The molecule has 1 unspecified atom stereocenters. The highest BCUT2D eigenvalue weighted by molar-refractivity contribution is 7.10. The van der Waals surface area contributed by atoms with Gasteiger partial charge in [0.2, 0.25) is 0 Å². The molecule has 2 heterocycles. The summed E-state index contributed by atoms with van der Waals surface area (Å²) < 4.78 is 0. The van der Waals surface area contributed by atoms with Crippen LogP contribution in [0.4, 0.5) is 0 Å². The third kappa shape index (κ3) is 4.73. The van der Waals surface area contributed by atoms with Crippen molar-refractivity contribution < 1.29 is 0 Å². The molecule has 2 N–H and O–H groups in total. The largest absolute Gasteiger partial charge is 0.356 e. The molecule has 134 valence electrons. The Labute approximate surface area is 150 Å². The summed E-state index contributed by atoms with van der Waals surface area (Å²) in [5.74, 6) is 1.48. The summed E-state index contributed by atoms with van der Waals surface area (Å²) in [4.78, 5) is 8.57. The smallest absolute Gasteiger partial charge is 0.191 e. The van der Waals surface area contributed by atoms with E-state index in [9.17, 15) is 0 Å². The average Bonchev–Trinajstić information content (AvgIpc) is 3.32. The van der Waals surface area contributed by atoms with Gasteiger partial charge in [-0.2, -0.15) is 0 Å². The highest BCUT2D eigenvalue weighted by Crippen LogP contribution is 2.26. The highest BCUT2D eigenvalue weighted by atomic mass is 32.1. The zero-order chi connectivity index (χ0) is 16.8. The molecule has 3 rings (SSSR count). The van der Waals surface area contributed by atoms with Crippen molar-refractivity contribution in [1.29, 1.82) is 0 Å². The molecule has 0 radical (unpaired) electrons. The number of piperidine rings is 1. The first-order valence-corrected chi connectivity index (χ1v) is 10.4. The SMILES string of the molecule is CN=C(NCC(C)c1cccs1)NC1CCN(C2CCCC2)CC1. The van der Waals surface area contributed by atoms with Gasteiger partial charge in [-0.1, -0.05) is 25.8 Å². The van der Waals surface area contributed by atoms with E-state index in [-0.39, 0.29) is 0 Å². The third-order valence-corrected chi connectivity index (χ3v) is 6.64. The van der Waals surface area contributed by atoms with Crippen molar-refractivity contribution in [3.8, 4) is 0 Å². The van der Waals surface area contributed by atoms with Crippen molar-refractivity contribution in [2.45, 2.75) is 63.5 Å². The van der Waals surface area contributed by atoms with Crippen molar-refractivity contribution >= 4 is 17.3 Å². The predicted octanol–water partition coefficient (Wildman–Crippen LogP) is 3.42. The number of aliphatic imine (C=N–C) groups is 1. The van der Waals surface area contributed by atoms with Gasteiger partial charge < -0.3 is 15.5 Å². The van der Waals surface area contributed by atoms with Crippen LogP contribution in [0.5, 0.6) is 0 Å². The van der Waals surface area contributed by atoms with E-state index in [4.69, 9.17) is 0 Å². The second kappa shape index (κ2) is 8.86. The lowest BCUT2D eigenvalue weighted by Gasteiger charge is -2.36. The van der Waals surface area contributed by atoms with Gasteiger partial charge in [-0.3, -0.25) is 4.99 Å². The minimum Gasteiger partial charge on any atom is -0.356 e. The Bertz CT molecular complexity index is 499. The van der Waals surface area contributed by atoms with Crippen molar-refractivity contribution in [2.24, 2.45) is 4.99 Å². The van der Waals surface area contributed by atoms with Crippen LogP contribution in [-0.4, -0.2) is 49.6 Å². The third-order valence-electron chi connectivity index (χ3n) is 5.54. The summed E-state index contributed by atoms with van der Waals surface area (Å²) >= 11 is 1.83. The lowest BCUT2D eigenvalue weighted by atomic mass is 10.0. The molecule has 1 aromatic heterocycles. The van der Waals surface area contributed by atoms with Gasteiger partial charge in [-0.05, 0) is 37.1 Å². The molecule has 0 amide bonds. The summed E-state index contributed by atoms with van der Waals surface area (Å²) in [6, 6.07) is 5.77. The quantitative estimate of drug-likeness (QED) is 0.633. The molecule has 1 aliphatic carbocycles. The van der Waals surface area contributed by atoms with Gasteiger partial charge in [-0.15, -0.1) is 11.3 Å². The average molecular weight is 349 g/mol. The van der Waals surface area contributed by atoms with E-state index in [0.717, 1.165) is 18.5 Å². The van der Waals surface area contributed by atoms with Crippen LogP contribution in [0, 0.1) is 0 Å². The molecule has 24 heavy (non-hydrogen) atoms. The Balaban J connectivity index is 1.39. The minimum atomic E-state index is 0.521. The molecular weight excluding hydrogens is 316 g/mol. The van der Waals surface area contributed by atoms with Crippen molar-refractivity contribution in [3.05, 3.63) is 22.4 Å². The number of thiophene rings is 1. The maximum absolute atomic E-state index is 4.42. The number of likely N-dealkylation sites (tertiary alicyclic amines) is 1. The Kier molecular flexibility index (Phi) is 6.55. The van der Waals surface area contributed by atoms with Crippen molar-refractivity contribution in [1.82, 2.24) is 15.5 Å². The van der Waals surface area contributed by atoms with Crippen LogP contribution in [0.1, 0.15) is 56.2 Å². The van der Waals surface area contributed by atoms with E-state index in [1.165, 1.54) is 56.5 Å². The number of guanidine groups is 1. The number of hydrogen-bond donors (Lipinski definition) is 2. The molecular formula is C19H32N4S. The fraction of sp³-hybridized carbons (Fsp3) is 0.737. The van der Waals surface area contributed by atoms with Gasteiger partial charge in [-0.25, -0.2) is 0 Å². The van der Waals surface area contributed by atoms with Crippen molar-refractivity contribution in [3.63, 3.8) is 0 Å². The Morgan fingerprint density at radius 3 is 2.67 bits per heavy atom. The lowest BCUT2D eigenvalue weighted by Crippen LogP contribution is -2.50. The molecule has 0 aromatic carbocycles. The maximum atomic E-state index is 4.42. The zero-order valence-electron chi connectivity index (χ0n) is 15.1. The van der Waals surface area contributed by atoms with Crippen LogP contribution >= 0.6 is 11.3 Å². The van der Waals surface area contributed by atoms with E-state index >= 15 is 0 Å². The fourth-order valence-corrected chi connectivity index (χ4v) is 4.78. The second-order valence-electron chi connectivity index (χ2n) is 7.26. The zero-order valence-corrected chi connectivity index (χ0v) is 15.9. The van der Waals surface area contributed by atoms with Gasteiger partial charge in [0.05, 0.1) is 0 Å². The van der Waals surface area contributed by atoms with Crippen LogP contribution in [0.2, 0.25) is 0 Å². The summed E-state index contributed by atoms with van der Waals surface area (Å²) in [7, 11) is 1.87. The number of hydrogen-bond acceptors (Lipinski definition) is 3. The predicted molar refractivity (Wildman–Crippen MR) is 104 cm³/mol. The number of rotatable bonds is 5. The first-order valence-electron chi connectivity index (χ1n) is 9.51. The molecule has 1 atom stereocenters. The summed E-state index contributed by atoms with van der Waals surface area (Å²) in [5, 5.41) is 9.29. The number of nitrogens with zero attached hydrogens (tertiary/aromatic N) is 2. The van der Waals surface area contributed by atoms with Gasteiger partial charge in [0.15, 0.2) is 5.96 Å². The van der Waals surface area contributed by atoms with E-state index in [2.05, 4.69) is 45.0 Å². The van der Waals surface area contributed by atoms with Gasteiger partial charge in [0.1, 0.15) is 0 Å². The summed E-state index contributed by atoms with van der Waals surface area (Å²) in [6.45, 7) is 5.68. The summed E-state index contributed by atoms with van der Waals surface area (Å²) in [5.41, 5.74) is 0. The molecule has 2 fully saturated rings. The van der Waals surface area contributed by atoms with E-state index < -0.39 is 0 Å².